The first kappa shape index (κ1) is 6.84. The Bertz CT molecular complexity index is 209. The molecule has 0 saturated heterocycles. The highest BCUT2D eigenvalue weighted by Gasteiger charge is 2.18. The summed E-state index contributed by atoms with van der Waals surface area (Å²) in [4.78, 5) is 4.38. The summed E-state index contributed by atoms with van der Waals surface area (Å²) < 4.78 is 0. The van der Waals surface area contributed by atoms with Gasteiger partial charge in [0, 0.05) is 18.1 Å². The normalized spacial score (nSPS) is 23.3. The lowest BCUT2D eigenvalue weighted by Crippen LogP contribution is -2.00. The first-order chi connectivity index (χ1) is 5.47. The Hall–Kier alpha value is -0.850. The molecule has 1 nitrogen and oxygen atoms in total. The summed E-state index contributed by atoms with van der Waals surface area (Å²) in [7, 11) is 0. The molecular formula is C10H13N+. The van der Waals surface area contributed by atoms with Crippen LogP contribution in [0.1, 0.15) is 32.1 Å². The molecule has 0 saturated carbocycles. The maximum atomic E-state index is 4.38. The molecule has 57 valence electrons. The second-order valence-electron chi connectivity index (χ2n) is 3.17. The fourth-order valence-electron chi connectivity index (χ4n) is 1.71. The van der Waals surface area contributed by atoms with Gasteiger partial charge in [0.1, 0.15) is 0 Å². The van der Waals surface area contributed by atoms with E-state index in [1.165, 1.54) is 43.4 Å². The van der Waals surface area contributed by atoms with Crippen LogP contribution in [-0.2, 0) is 0 Å². The Labute approximate surface area is 67.5 Å². The highest BCUT2D eigenvalue weighted by molar-refractivity contribution is 5.73. The van der Waals surface area contributed by atoms with E-state index in [9.17, 15) is 0 Å². The average Bonchev–Trinajstić information content (AvgIpc) is 2.28. The quantitative estimate of drug-likeness (QED) is 0.498. The van der Waals surface area contributed by atoms with E-state index in [4.69, 9.17) is 0 Å². The van der Waals surface area contributed by atoms with E-state index >= 15 is 0 Å². The lowest BCUT2D eigenvalue weighted by Gasteiger charge is -1.96. The third kappa shape index (κ3) is 1.42. The second-order valence-corrected chi connectivity index (χ2v) is 3.17. The van der Waals surface area contributed by atoms with Crippen molar-refractivity contribution in [3.63, 3.8) is 0 Å². The van der Waals surface area contributed by atoms with Gasteiger partial charge in [-0.15, -0.1) is 0 Å². The van der Waals surface area contributed by atoms with Gasteiger partial charge in [0.25, 0.3) is 5.70 Å². The van der Waals surface area contributed by atoms with Gasteiger partial charge in [0.2, 0.25) is 6.21 Å². The van der Waals surface area contributed by atoms with Gasteiger partial charge in [-0.3, -0.25) is 0 Å². The van der Waals surface area contributed by atoms with Crippen molar-refractivity contribution in [2.45, 2.75) is 32.1 Å². The molecule has 0 bridgehead atoms. The van der Waals surface area contributed by atoms with Gasteiger partial charge in [0.05, 0.1) is 4.99 Å². The van der Waals surface area contributed by atoms with E-state index in [0.29, 0.717) is 0 Å². The first-order valence-corrected chi connectivity index (χ1v) is 4.39. The first-order valence-electron chi connectivity index (χ1n) is 4.39. The third-order valence-corrected chi connectivity index (χ3v) is 2.34. The summed E-state index contributed by atoms with van der Waals surface area (Å²) in [5, 5.41) is 0. The summed E-state index contributed by atoms with van der Waals surface area (Å²) in [5.74, 6) is 0. The number of hydrogen-bond acceptors (Lipinski definition) is 1. The number of nitrogens with zero attached hydrogens (tertiary/aromatic N) is 1. The minimum absolute atomic E-state index is 1.19. The maximum Gasteiger partial charge on any atom is 0.257 e. The SMILES string of the molecule is C1=CC2=C(CCCCC2)[N+]=C1. The highest BCUT2D eigenvalue weighted by atomic mass is 14.7. The smallest absolute Gasteiger partial charge is 0.0524 e. The van der Waals surface area contributed by atoms with Crippen molar-refractivity contribution in [2.24, 2.45) is 0 Å². The largest absolute Gasteiger partial charge is 0.257 e. The van der Waals surface area contributed by atoms with Crippen LogP contribution < -0.4 is 4.99 Å². The molecule has 2 rings (SSSR count). The van der Waals surface area contributed by atoms with Crippen molar-refractivity contribution in [3.8, 4) is 0 Å². The van der Waals surface area contributed by atoms with Crippen molar-refractivity contribution in [3.05, 3.63) is 23.4 Å². The third-order valence-electron chi connectivity index (χ3n) is 2.34. The molecule has 0 atom stereocenters. The van der Waals surface area contributed by atoms with Gasteiger partial charge >= 0.3 is 0 Å². The van der Waals surface area contributed by atoms with E-state index in [1.807, 2.05) is 12.3 Å². The molecule has 0 aromatic carbocycles. The Morgan fingerprint density at radius 1 is 1.09 bits per heavy atom. The van der Waals surface area contributed by atoms with Gasteiger partial charge in [-0.25, -0.2) is 0 Å². The van der Waals surface area contributed by atoms with Gasteiger partial charge in [-0.1, -0.05) is 6.42 Å². The maximum absolute atomic E-state index is 4.38. The van der Waals surface area contributed by atoms with E-state index in [1.54, 1.807) is 0 Å². The van der Waals surface area contributed by atoms with Crippen LogP contribution in [0.2, 0.25) is 0 Å². The molecule has 1 radical (unpaired) electrons. The molecule has 0 fully saturated rings. The summed E-state index contributed by atoms with van der Waals surface area (Å²) in [5.41, 5.74) is 2.81. The molecule has 0 N–H and O–H groups in total. The van der Waals surface area contributed by atoms with E-state index in [2.05, 4.69) is 11.1 Å². The average molecular weight is 147 g/mol. The van der Waals surface area contributed by atoms with Crippen molar-refractivity contribution in [2.75, 3.05) is 0 Å². The van der Waals surface area contributed by atoms with Gasteiger partial charge < -0.3 is 0 Å². The second kappa shape index (κ2) is 3.04. The van der Waals surface area contributed by atoms with Crippen LogP contribution in [0.4, 0.5) is 0 Å². The van der Waals surface area contributed by atoms with Crippen molar-refractivity contribution >= 4 is 6.21 Å². The minimum atomic E-state index is 1.19. The minimum Gasteiger partial charge on any atom is -0.0524 e. The summed E-state index contributed by atoms with van der Waals surface area (Å²) in [6.45, 7) is 0. The van der Waals surface area contributed by atoms with Crippen molar-refractivity contribution in [1.29, 1.82) is 0 Å². The van der Waals surface area contributed by atoms with Crippen LogP contribution in [0.15, 0.2) is 23.4 Å². The Morgan fingerprint density at radius 3 is 3.00 bits per heavy atom. The molecule has 1 heterocycles. The van der Waals surface area contributed by atoms with E-state index < -0.39 is 0 Å². The molecule has 0 amide bonds. The fourth-order valence-corrected chi connectivity index (χ4v) is 1.71. The zero-order valence-corrected chi connectivity index (χ0v) is 6.71. The number of allylic oxidation sites excluding steroid dienone is 4. The summed E-state index contributed by atoms with van der Waals surface area (Å²) >= 11 is 0. The number of rotatable bonds is 0. The Kier molecular flexibility index (Phi) is 1.89. The lowest BCUT2D eigenvalue weighted by molar-refractivity contribution is 0.705. The summed E-state index contributed by atoms with van der Waals surface area (Å²) in [6.07, 6.45) is 12.6. The van der Waals surface area contributed by atoms with Crippen molar-refractivity contribution in [1.82, 2.24) is 4.99 Å². The Balaban J connectivity index is 2.26. The van der Waals surface area contributed by atoms with Crippen LogP contribution in [-0.4, -0.2) is 6.21 Å². The van der Waals surface area contributed by atoms with Gasteiger partial charge in [-0.05, 0) is 25.3 Å². The lowest BCUT2D eigenvalue weighted by atomic mass is 10.1. The predicted octanol–water partition coefficient (Wildman–Crippen LogP) is 2.18. The molecule has 0 aromatic heterocycles. The molecule has 11 heavy (non-hydrogen) atoms. The topological polar surface area (TPSA) is 14.1 Å². The molecule has 0 aromatic rings. The van der Waals surface area contributed by atoms with Gasteiger partial charge in [0.15, 0.2) is 0 Å². The molecule has 2 aliphatic rings. The van der Waals surface area contributed by atoms with Gasteiger partial charge in [-0.2, -0.15) is 0 Å². The molecular weight excluding hydrogens is 134 g/mol. The Morgan fingerprint density at radius 2 is 2.00 bits per heavy atom. The molecule has 1 aliphatic carbocycles. The summed E-state index contributed by atoms with van der Waals surface area (Å²) in [6, 6.07) is 0. The molecule has 0 unspecified atom stereocenters. The predicted molar refractivity (Wildman–Crippen MR) is 47.4 cm³/mol. The van der Waals surface area contributed by atoms with Crippen LogP contribution in [0.25, 0.3) is 0 Å². The van der Waals surface area contributed by atoms with Crippen LogP contribution in [0, 0.1) is 0 Å². The molecule has 1 aliphatic heterocycles. The van der Waals surface area contributed by atoms with E-state index in [-0.39, 0.29) is 0 Å². The fraction of sp³-hybridized carbons (Fsp3) is 0.500. The standard InChI is InChI=1S/C10H13N/c1-2-5-9-6-4-8-11-10(9)7-3-1/h4,6,8H,1-3,5,7H2/q+1. The number of aliphatic imine (C=N–C) groups is 1. The van der Waals surface area contributed by atoms with Crippen LogP contribution in [0.3, 0.4) is 0 Å². The monoisotopic (exact) mass is 147 g/mol. The molecule has 1 heteroatoms. The zero-order chi connectivity index (χ0) is 7.52. The zero-order valence-electron chi connectivity index (χ0n) is 6.71. The van der Waals surface area contributed by atoms with E-state index in [0.717, 1.165) is 0 Å². The molecule has 0 spiro atoms. The van der Waals surface area contributed by atoms with Crippen LogP contribution >= 0.6 is 0 Å². The van der Waals surface area contributed by atoms with Crippen molar-refractivity contribution < 1.29 is 0 Å². The van der Waals surface area contributed by atoms with Crippen LogP contribution in [0.5, 0.6) is 0 Å². The highest BCUT2D eigenvalue weighted by Crippen LogP contribution is 2.23. The number of hydrogen-bond donors (Lipinski definition) is 0.